The van der Waals surface area contributed by atoms with Crippen molar-refractivity contribution in [2.75, 3.05) is 18.5 Å². The lowest BCUT2D eigenvalue weighted by Crippen LogP contribution is -2.16. The summed E-state index contributed by atoms with van der Waals surface area (Å²) in [7, 11) is 0. The van der Waals surface area contributed by atoms with E-state index in [1.54, 1.807) is 23.3 Å². The average Bonchev–Trinajstić information content (AvgIpc) is 3.20. The van der Waals surface area contributed by atoms with Crippen LogP contribution in [0.1, 0.15) is 42.4 Å². The highest BCUT2D eigenvalue weighted by Crippen LogP contribution is 2.19. The van der Waals surface area contributed by atoms with Gasteiger partial charge in [0.1, 0.15) is 0 Å². The topological polar surface area (TPSA) is 94.8 Å². The quantitative estimate of drug-likeness (QED) is 0.898. The van der Waals surface area contributed by atoms with Crippen molar-refractivity contribution in [3.8, 4) is 0 Å². The predicted octanol–water partition coefficient (Wildman–Crippen LogP) is 1.48. The van der Waals surface area contributed by atoms with Gasteiger partial charge in [0.2, 0.25) is 0 Å². The maximum atomic E-state index is 12.3. The van der Waals surface area contributed by atoms with Gasteiger partial charge in [-0.15, -0.1) is 5.10 Å². The molecular formula is C15H20N6O2. The highest BCUT2D eigenvalue weighted by molar-refractivity contribution is 6.02. The molecule has 3 heterocycles. The van der Waals surface area contributed by atoms with Crippen LogP contribution < -0.4 is 5.32 Å². The Hall–Kier alpha value is -2.35. The number of carbonyl (C=O) groups excluding carboxylic acids is 1. The van der Waals surface area contributed by atoms with Gasteiger partial charge in [-0.25, -0.2) is 4.98 Å². The predicted molar refractivity (Wildman–Crippen MR) is 83.0 cm³/mol. The normalized spacial score (nSPS) is 17.6. The van der Waals surface area contributed by atoms with Gasteiger partial charge in [-0.1, -0.05) is 19.1 Å². The minimum atomic E-state index is -0.332. The lowest BCUT2D eigenvalue weighted by molar-refractivity contribution is 0.102. The van der Waals surface area contributed by atoms with Crippen LogP contribution in [0.5, 0.6) is 0 Å². The van der Waals surface area contributed by atoms with E-state index in [2.05, 4.69) is 25.6 Å². The second-order valence-electron chi connectivity index (χ2n) is 5.95. The molecule has 8 heteroatoms. The number of aromatic nitrogens is 5. The Morgan fingerprint density at radius 1 is 1.43 bits per heavy atom. The Morgan fingerprint density at radius 2 is 2.26 bits per heavy atom. The summed E-state index contributed by atoms with van der Waals surface area (Å²) in [4.78, 5) is 20.8. The van der Waals surface area contributed by atoms with Gasteiger partial charge in [0.15, 0.2) is 11.5 Å². The van der Waals surface area contributed by atoms with Gasteiger partial charge >= 0.3 is 0 Å². The number of hydrogen-bond donors (Lipinski definition) is 1. The van der Waals surface area contributed by atoms with E-state index in [-0.39, 0.29) is 17.5 Å². The summed E-state index contributed by atoms with van der Waals surface area (Å²) in [5, 5.41) is 10.7. The number of anilines is 1. The lowest BCUT2D eigenvalue weighted by atomic mass is 10.1. The van der Waals surface area contributed by atoms with Crippen molar-refractivity contribution in [1.82, 2.24) is 25.0 Å². The second kappa shape index (κ2) is 6.82. The molecule has 0 aliphatic carbocycles. The van der Waals surface area contributed by atoms with Crippen molar-refractivity contribution in [2.24, 2.45) is 5.92 Å². The van der Waals surface area contributed by atoms with Crippen molar-refractivity contribution in [2.45, 2.75) is 32.7 Å². The zero-order valence-corrected chi connectivity index (χ0v) is 13.3. The van der Waals surface area contributed by atoms with Crippen LogP contribution in [0.15, 0.2) is 18.6 Å². The van der Waals surface area contributed by atoms with Crippen molar-refractivity contribution in [3.63, 3.8) is 0 Å². The maximum absolute atomic E-state index is 12.3. The van der Waals surface area contributed by atoms with E-state index < -0.39 is 0 Å². The van der Waals surface area contributed by atoms with Crippen molar-refractivity contribution in [1.29, 1.82) is 0 Å². The van der Waals surface area contributed by atoms with Crippen molar-refractivity contribution >= 4 is 11.7 Å². The zero-order valence-electron chi connectivity index (χ0n) is 13.3. The number of hydrogen-bond acceptors (Lipinski definition) is 6. The molecule has 1 fully saturated rings. The third kappa shape index (κ3) is 3.70. The second-order valence-corrected chi connectivity index (χ2v) is 5.95. The standard InChI is InChI=1S/C15H20N6O2/c1-10(2)13-14(17-5-4-16-13)18-15(22)12-8-21(20-19-12)7-11-3-6-23-9-11/h4-5,8,10-11H,3,6-7,9H2,1-2H3,(H,17,18,22). The van der Waals surface area contributed by atoms with E-state index >= 15 is 0 Å². The van der Waals surface area contributed by atoms with Gasteiger partial charge in [0.25, 0.3) is 5.91 Å². The average molecular weight is 316 g/mol. The number of ether oxygens (including phenoxy) is 1. The Bertz CT molecular complexity index is 678. The van der Waals surface area contributed by atoms with Gasteiger partial charge < -0.3 is 10.1 Å². The van der Waals surface area contributed by atoms with Crippen LogP contribution in [0.3, 0.4) is 0 Å². The van der Waals surface area contributed by atoms with Gasteiger partial charge in [0.05, 0.1) is 18.5 Å². The smallest absolute Gasteiger partial charge is 0.279 e. The highest BCUT2D eigenvalue weighted by Gasteiger charge is 2.19. The fraction of sp³-hybridized carbons (Fsp3) is 0.533. The molecule has 0 saturated carbocycles. The Balaban J connectivity index is 1.68. The summed E-state index contributed by atoms with van der Waals surface area (Å²) in [6.45, 7) is 6.23. The van der Waals surface area contributed by atoms with Gasteiger partial charge in [0, 0.05) is 31.5 Å². The fourth-order valence-corrected chi connectivity index (χ4v) is 2.52. The Kier molecular flexibility index (Phi) is 4.61. The molecule has 2 aromatic heterocycles. The van der Waals surface area contributed by atoms with E-state index in [0.717, 1.165) is 25.3 Å². The minimum Gasteiger partial charge on any atom is -0.381 e. The summed E-state index contributed by atoms with van der Waals surface area (Å²) < 4.78 is 7.03. The first-order chi connectivity index (χ1) is 11.1. The molecule has 1 aliphatic rings. The largest absolute Gasteiger partial charge is 0.381 e. The highest BCUT2D eigenvalue weighted by atomic mass is 16.5. The van der Waals surface area contributed by atoms with E-state index in [4.69, 9.17) is 4.74 Å². The molecule has 1 aliphatic heterocycles. The molecule has 1 saturated heterocycles. The van der Waals surface area contributed by atoms with Crippen LogP contribution >= 0.6 is 0 Å². The molecule has 1 amide bonds. The lowest BCUT2D eigenvalue weighted by Gasteiger charge is -2.10. The first-order valence-corrected chi connectivity index (χ1v) is 7.73. The molecule has 3 rings (SSSR count). The van der Waals surface area contributed by atoms with E-state index in [9.17, 15) is 4.79 Å². The van der Waals surface area contributed by atoms with E-state index in [0.29, 0.717) is 18.3 Å². The summed E-state index contributed by atoms with van der Waals surface area (Å²) in [6, 6.07) is 0. The Morgan fingerprint density at radius 3 is 3.00 bits per heavy atom. The molecule has 23 heavy (non-hydrogen) atoms. The number of nitrogens with one attached hydrogen (secondary N) is 1. The van der Waals surface area contributed by atoms with Crippen LogP contribution in [0.2, 0.25) is 0 Å². The molecule has 0 bridgehead atoms. The Labute approximate surface area is 134 Å². The molecule has 2 aromatic rings. The number of carbonyl (C=O) groups is 1. The first-order valence-electron chi connectivity index (χ1n) is 7.73. The minimum absolute atomic E-state index is 0.164. The van der Waals surface area contributed by atoms with Gasteiger partial charge in [-0.3, -0.25) is 14.5 Å². The van der Waals surface area contributed by atoms with Gasteiger partial charge in [-0.05, 0) is 12.3 Å². The number of rotatable bonds is 5. The maximum Gasteiger partial charge on any atom is 0.279 e. The number of amides is 1. The fourth-order valence-electron chi connectivity index (χ4n) is 2.52. The van der Waals surface area contributed by atoms with Crippen LogP contribution in [0, 0.1) is 5.92 Å². The molecular weight excluding hydrogens is 296 g/mol. The van der Waals surface area contributed by atoms with Crippen LogP contribution in [-0.4, -0.2) is 44.1 Å². The third-order valence-electron chi connectivity index (χ3n) is 3.75. The molecule has 1 N–H and O–H groups in total. The number of nitrogens with zero attached hydrogens (tertiary/aromatic N) is 5. The first kappa shape index (κ1) is 15.5. The summed E-state index contributed by atoms with van der Waals surface area (Å²) in [5.41, 5.74) is 1.01. The monoisotopic (exact) mass is 316 g/mol. The van der Waals surface area contributed by atoms with Crippen LogP contribution in [0.4, 0.5) is 5.82 Å². The molecule has 0 aromatic carbocycles. The third-order valence-corrected chi connectivity index (χ3v) is 3.75. The van der Waals surface area contributed by atoms with Gasteiger partial charge in [-0.2, -0.15) is 0 Å². The molecule has 122 valence electrons. The summed E-state index contributed by atoms with van der Waals surface area (Å²) in [5.74, 6) is 0.727. The summed E-state index contributed by atoms with van der Waals surface area (Å²) >= 11 is 0. The van der Waals surface area contributed by atoms with E-state index in [1.165, 1.54) is 0 Å². The van der Waals surface area contributed by atoms with Crippen molar-refractivity contribution in [3.05, 3.63) is 30.0 Å². The zero-order chi connectivity index (χ0) is 16.2. The molecule has 1 unspecified atom stereocenters. The van der Waals surface area contributed by atoms with E-state index in [1.807, 2.05) is 13.8 Å². The molecule has 8 nitrogen and oxygen atoms in total. The SMILES string of the molecule is CC(C)c1nccnc1NC(=O)c1cn(CC2CCOC2)nn1. The van der Waals surface area contributed by atoms with Crippen molar-refractivity contribution < 1.29 is 9.53 Å². The van der Waals surface area contributed by atoms with Crippen LogP contribution in [0.25, 0.3) is 0 Å². The molecule has 1 atom stereocenters. The molecule has 0 spiro atoms. The van der Waals surface area contributed by atoms with Crippen LogP contribution in [-0.2, 0) is 11.3 Å². The summed E-state index contributed by atoms with van der Waals surface area (Å²) in [6.07, 6.45) is 5.83. The molecule has 0 radical (unpaired) electrons.